The monoisotopic (exact) mass is 262 g/mol. The summed E-state index contributed by atoms with van der Waals surface area (Å²) in [6.45, 7) is 2.58. The highest BCUT2D eigenvalue weighted by molar-refractivity contribution is 5.91. The quantitative estimate of drug-likeness (QED) is 0.857. The third-order valence-electron chi connectivity index (χ3n) is 3.56. The smallest absolute Gasteiger partial charge is 0.226 e. The predicted molar refractivity (Wildman–Crippen MR) is 76.2 cm³/mol. The fourth-order valence-electron chi connectivity index (χ4n) is 2.58. The van der Waals surface area contributed by atoms with E-state index in [4.69, 9.17) is 10.5 Å². The Bertz CT molecular complexity index is 422. The molecule has 3 N–H and O–H groups in total. The summed E-state index contributed by atoms with van der Waals surface area (Å²) in [6.07, 6.45) is 4.56. The number of rotatable bonds is 5. The number of amides is 1. The molecule has 0 atom stereocenters. The molecule has 0 radical (unpaired) electrons. The molecule has 0 saturated heterocycles. The topological polar surface area (TPSA) is 64.3 Å². The lowest BCUT2D eigenvalue weighted by atomic mass is 9.94. The van der Waals surface area contributed by atoms with E-state index in [1.54, 1.807) is 0 Å². The van der Waals surface area contributed by atoms with Crippen LogP contribution in [0.3, 0.4) is 0 Å². The number of benzene rings is 1. The Kier molecular flexibility index (Phi) is 4.43. The van der Waals surface area contributed by atoms with Crippen LogP contribution in [0, 0.1) is 0 Å². The number of hydrogen-bond acceptors (Lipinski definition) is 3. The maximum absolute atomic E-state index is 12.0. The molecule has 1 aliphatic rings. The summed E-state index contributed by atoms with van der Waals surface area (Å²) in [4.78, 5) is 12.0. The van der Waals surface area contributed by atoms with Crippen LogP contribution in [0.5, 0.6) is 5.75 Å². The van der Waals surface area contributed by atoms with Crippen LogP contribution in [0.4, 0.5) is 5.69 Å². The normalized spacial score (nSPS) is 17.2. The second-order valence-electron chi connectivity index (χ2n) is 5.25. The Labute approximate surface area is 114 Å². The van der Waals surface area contributed by atoms with Crippen molar-refractivity contribution in [2.45, 2.75) is 44.6 Å². The second kappa shape index (κ2) is 6.06. The molecule has 1 amide bonds. The van der Waals surface area contributed by atoms with Crippen LogP contribution in [0.25, 0.3) is 0 Å². The maximum Gasteiger partial charge on any atom is 0.226 e. The molecule has 19 heavy (non-hydrogen) atoms. The van der Waals surface area contributed by atoms with Gasteiger partial charge < -0.3 is 15.8 Å². The van der Waals surface area contributed by atoms with Gasteiger partial charge in [-0.3, -0.25) is 4.79 Å². The minimum atomic E-state index is -0.296. The zero-order valence-corrected chi connectivity index (χ0v) is 11.4. The Balaban J connectivity index is 1.87. The summed E-state index contributed by atoms with van der Waals surface area (Å²) in [6, 6.07) is 7.40. The molecule has 0 aromatic heterocycles. The highest BCUT2D eigenvalue weighted by atomic mass is 16.5. The van der Waals surface area contributed by atoms with Crippen LogP contribution in [0.1, 0.15) is 39.0 Å². The molecular weight excluding hydrogens is 240 g/mol. The molecule has 1 aliphatic carbocycles. The Hall–Kier alpha value is -1.55. The molecule has 4 nitrogen and oxygen atoms in total. The molecule has 0 unspecified atom stereocenters. The SMILES string of the molecule is CCOc1ccc(NC(=O)CC2(N)CCCC2)cc1. The fourth-order valence-corrected chi connectivity index (χ4v) is 2.58. The molecule has 1 aromatic carbocycles. The van der Waals surface area contributed by atoms with E-state index in [1.165, 1.54) is 0 Å². The van der Waals surface area contributed by atoms with Crippen molar-refractivity contribution in [3.05, 3.63) is 24.3 Å². The molecule has 0 spiro atoms. The van der Waals surface area contributed by atoms with Crippen LogP contribution < -0.4 is 15.8 Å². The van der Waals surface area contributed by atoms with E-state index >= 15 is 0 Å². The van der Waals surface area contributed by atoms with Crippen LogP contribution in [-0.2, 0) is 4.79 Å². The van der Waals surface area contributed by atoms with Crippen molar-refractivity contribution in [2.75, 3.05) is 11.9 Å². The van der Waals surface area contributed by atoms with E-state index in [9.17, 15) is 4.79 Å². The van der Waals surface area contributed by atoms with Crippen LogP contribution >= 0.6 is 0 Å². The first-order valence-electron chi connectivity index (χ1n) is 6.93. The zero-order chi connectivity index (χ0) is 13.7. The minimum Gasteiger partial charge on any atom is -0.494 e. The summed E-state index contributed by atoms with van der Waals surface area (Å²) in [7, 11) is 0. The van der Waals surface area contributed by atoms with Gasteiger partial charge in [-0.05, 0) is 44.0 Å². The van der Waals surface area contributed by atoms with Crippen molar-refractivity contribution in [2.24, 2.45) is 5.73 Å². The van der Waals surface area contributed by atoms with Gasteiger partial charge >= 0.3 is 0 Å². The molecule has 1 fully saturated rings. The second-order valence-corrected chi connectivity index (χ2v) is 5.25. The first kappa shape index (κ1) is 13.9. The van der Waals surface area contributed by atoms with Crippen molar-refractivity contribution in [3.63, 3.8) is 0 Å². The average Bonchev–Trinajstić information content (AvgIpc) is 2.78. The molecular formula is C15H22N2O2. The lowest BCUT2D eigenvalue weighted by Gasteiger charge is -2.22. The van der Waals surface area contributed by atoms with Crippen LogP contribution in [0.15, 0.2) is 24.3 Å². The van der Waals surface area contributed by atoms with Crippen molar-refractivity contribution >= 4 is 11.6 Å². The summed E-state index contributed by atoms with van der Waals surface area (Å²) in [5, 5.41) is 2.89. The Morgan fingerprint density at radius 3 is 2.53 bits per heavy atom. The lowest BCUT2D eigenvalue weighted by Crippen LogP contribution is -2.40. The minimum absolute atomic E-state index is 0.00596. The Morgan fingerprint density at radius 2 is 1.95 bits per heavy atom. The van der Waals surface area contributed by atoms with Crippen molar-refractivity contribution in [3.8, 4) is 5.75 Å². The van der Waals surface area contributed by atoms with Gasteiger partial charge in [-0.2, -0.15) is 0 Å². The van der Waals surface area contributed by atoms with E-state index < -0.39 is 0 Å². The van der Waals surface area contributed by atoms with Crippen molar-refractivity contribution < 1.29 is 9.53 Å². The average molecular weight is 262 g/mol. The summed E-state index contributed by atoms with van der Waals surface area (Å²) < 4.78 is 5.36. The molecule has 104 valence electrons. The number of carbonyl (C=O) groups excluding carboxylic acids is 1. The molecule has 2 rings (SSSR count). The summed E-state index contributed by atoms with van der Waals surface area (Å²) in [5.41, 5.74) is 6.69. The number of nitrogens with one attached hydrogen (secondary N) is 1. The molecule has 1 aromatic rings. The highest BCUT2D eigenvalue weighted by Crippen LogP contribution is 2.30. The van der Waals surface area contributed by atoms with Crippen LogP contribution in [-0.4, -0.2) is 18.1 Å². The van der Waals surface area contributed by atoms with Gasteiger partial charge in [0, 0.05) is 17.6 Å². The zero-order valence-electron chi connectivity index (χ0n) is 11.4. The largest absolute Gasteiger partial charge is 0.494 e. The van der Waals surface area contributed by atoms with Gasteiger partial charge in [0.25, 0.3) is 0 Å². The third kappa shape index (κ3) is 3.96. The van der Waals surface area contributed by atoms with Gasteiger partial charge in [0.15, 0.2) is 0 Å². The summed E-state index contributed by atoms with van der Waals surface area (Å²) in [5.74, 6) is 0.806. The lowest BCUT2D eigenvalue weighted by molar-refractivity contribution is -0.117. The summed E-state index contributed by atoms with van der Waals surface area (Å²) >= 11 is 0. The number of ether oxygens (including phenoxy) is 1. The van der Waals surface area contributed by atoms with E-state index in [1.807, 2.05) is 31.2 Å². The molecule has 0 aliphatic heterocycles. The first-order valence-corrected chi connectivity index (χ1v) is 6.93. The van der Waals surface area contributed by atoms with Gasteiger partial charge in [-0.25, -0.2) is 0 Å². The maximum atomic E-state index is 12.0. The van der Waals surface area contributed by atoms with E-state index in [-0.39, 0.29) is 11.4 Å². The van der Waals surface area contributed by atoms with Gasteiger partial charge in [-0.15, -0.1) is 0 Å². The van der Waals surface area contributed by atoms with E-state index in [0.717, 1.165) is 37.1 Å². The van der Waals surface area contributed by atoms with E-state index in [0.29, 0.717) is 13.0 Å². The van der Waals surface area contributed by atoms with Crippen molar-refractivity contribution in [1.82, 2.24) is 0 Å². The molecule has 4 heteroatoms. The molecule has 0 bridgehead atoms. The Morgan fingerprint density at radius 1 is 1.32 bits per heavy atom. The number of hydrogen-bond donors (Lipinski definition) is 2. The van der Waals surface area contributed by atoms with Gasteiger partial charge in [0.05, 0.1) is 6.61 Å². The highest BCUT2D eigenvalue weighted by Gasteiger charge is 2.31. The number of carbonyl (C=O) groups is 1. The number of nitrogens with two attached hydrogens (primary N) is 1. The first-order chi connectivity index (χ1) is 9.11. The van der Waals surface area contributed by atoms with Gasteiger partial charge in [0.2, 0.25) is 5.91 Å². The van der Waals surface area contributed by atoms with Crippen molar-refractivity contribution in [1.29, 1.82) is 0 Å². The van der Waals surface area contributed by atoms with Gasteiger partial charge in [-0.1, -0.05) is 12.8 Å². The van der Waals surface area contributed by atoms with Crippen LogP contribution in [0.2, 0.25) is 0 Å². The van der Waals surface area contributed by atoms with E-state index in [2.05, 4.69) is 5.32 Å². The predicted octanol–water partition coefficient (Wildman–Crippen LogP) is 2.69. The molecule has 1 saturated carbocycles. The standard InChI is InChI=1S/C15H22N2O2/c1-2-19-13-7-5-12(6-8-13)17-14(18)11-15(16)9-3-4-10-15/h5-8H,2-4,9-11,16H2,1H3,(H,17,18). The third-order valence-corrected chi connectivity index (χ3v) is 3.56. The number of anilines is 1. The van der Waals surface area contributed by atoms with Gasteiger partial charge in [0.1, 0.15) is 5.75 Å². The fraction of sp³-hybridized carbons (Fsp3) is 0.533. The molecule has 0 heterocycles.